The topological polar surface area (TPSA) is 69.7 Å². The van der Waals surface area contributed by atoms with E-state index in [2.05, 4.69) is 22.3 Å². The molecule has 2 aliphatic rings. The van der Waals surface area contributed by atoms with Gasteiger partial charge < -0.3 is 10.2 Å². The first-order valence-corrected chi connectivity index (χ1v) is 13.0. The number of anilines is 1. The Morgan fingerprint density at radius 1 is 0.829 bits per heavy atom. The van der Waals surface area contributed by atoms with Gasteiger partial charge in [0.25, 0.3) is 17.7 Å². The second-order valence-electron chi connectivity index (χ2n) is 8.80. The molecule has 6 nitrogen and oxygen atoms in total. The molecule has 2 aliphatic heterocycles. The minimum Gasteiger partial charge on any atom is -0.322 e. The van der Waals surface area contributed by atoms with Crippen LogP contribution >= 0.6 is 11.8 Å². The van der Waals surface area contributed by atoms with Crippen LogP contribution in [0.1, 0.15) is 42.2 Å². The quantitative estimate of drug-likeness (QED) is 0.505. The fourth-order valence-electron chi connectivity index (χ4n) is 4.45. The third-order valence-corrected chi connectivity index (χ3v) is 7.38. The third-order valence-electron chi connectivity index (χ3n) is 6.44. The molecule has 0 radical (unpaired) electrons. The molecule has 0 saturated carbocycles. The summed E-state index contributed by atoms with van der Waals surface area (Å²) >= 11 is 2.02. The van der Waals surface area contributed by atoms with Gasteiger partial charge in [0.05, 0.1) is 17.7 Å². The second-order valence-corrected chi connectivity index (χ2v) is 10.0. The van der Waals surface area contributed by atoms with Crippen molar-refractivity contribution in [1.29, 1.82) is 0 Å². The molecule has 7 heteroatoms. The van der Waals surface area contributed by atoms with Crippen LogP contribution < -0.4 is 5.32 Å². The van der Waals surface area contributed by atoms with Crippen molar-refractivity contribution in [3.8, 4) is 0 Å². The van der Waals surface area contributed by atoms with Crippen LogP contribution in [0.15, 0.2) is 72.8 Å². The standard InChI is InChI=1S/C28H27N3O3S/c32-26(29-23-10-8-20(9-11-23)12-13-30-14-16-35-17-15-30)22-5-3-4-21(18-22)19-31-27(33)24-6-1-2-7-25(24)28(31)34/h1-11,18H,12-17,19H2,(H,29,32). The zero-order valence-corrected chi connectivity index (χ0v) is 20.2. The van der Waals surface area contributed by atoms with Crippen LogP contribution in [0.3, 0.4) is 0 Å². The Labute approximate surface area is 209 Å². The van der Waals surface area contributed by atoms with Gasteiger partial charge in [0, 0.05) is 42.4 Å². The summed E-state index contributed by atoms with van der Waals surface area (Å²) in [6, 6.07) is 21.9. The lowest BCUT2D eigenvalue weighted by Gasteiger charge is -2.26. The molecule has 2 heterocycles. The van der Waals surface area contributed by atoms with Crippen LogP contribution in [-0.4, -0.2) is 58.7 Å². The van der Waals surface area contributed by atoms with Crippen molar-refractivity contribution in [2.24, 2.45) is 0 Å². The summed E-state index contributed by atoms with van der Waals surface area (Å²) in [6.07, 6.45) is 0.999. The minimum absolute atomic E-state index is 0.123. The summed E-state index contributed by atoms with van der Waals surface area (Å²) < 4.78 is 0. The van der Waals surface area contributed by atoms with Gasteiger partial charge in [-0.3, -0.25) is 19.3 Å². The maximum Gasteiger partial charge on any atom is 0.261 e. The molecule has 3 amide bonds. The molecule has 178 valence electrons. The largest absolute Gasteiger partial charge is 0.322 e. The fraction of sp³-hybridized carbons (Fsp3) is 0.250. The highest BCUT2D eigenvalue weighted by Crippen LogP contribution is 2.24. The van der Waals surface area contributed by atoms with Crippen LogP contribution in [-0.2, 0) is 13.0 Å². The van der Waals surface area contributed by atoms with E-state index in [1.165, 1.54) is 22.0 Å². The minimum atomic E-state index is -0.306. The molecule has 0 unspecified atom stereocenters. The molecule has 1 saturated heterocycles. The number of hydrogen-bond acceptors (Lipinski definition) is 5. The summed E-state index contributed by atoms with van der Waals surface area (Å²) in [6.45, 7) is 3.50. The summed E-state index contributed by atoms with van der Waals surface area (Å²) in [5, 5.41) is 2.94. The van der Waals surface area contributed by atoms with E-state index in [0.29, 0.717) is 16.7 Å². The highest BCUT2D eigenvalue weighted by molar-refractivity contribution is 7.99. The SMILES string of the molecule is O=C(Nc1ccc(CCN2CCSCC2)cc1)c1cccc(CN2C(=O)c3ccccc3C2=O)c1. The summed E-state index contributed by atoms with van der Waals surface area (Å²) in [7, 11) is 0. The molecule has 1 fully saturated rings. The summed E-state index contributed by atoms with van der Waals surface area (Å²) in [4.78, 5) is 41.9. The van der Waals surface area contributed by atoms with Crippen LogP contribution in [0.2, 0.25) is 0 Å². The number of imide groups is 1. The fourth-order valence-corrected chi connectivity index (χ4v) is 5.42. The zero-order chi connectivity index (χ0) is 24.2. The first kappa shape index (κ1) is 23.3. The number of carbonyl (C=O) groups excluding carboxylic acids is 3. The third kappa shape index (κ3) is 5.31. The number of benzene rings is 3. The maximum absolute atomic E-state index is 12.9. The van der Waals surface area contributed by atoms with Crippen LogP contribution in [0.5, 0.6) is 0 Å². The molecular weight excluding hydrogens is 458 g/mol. The Morgan fingerprint density at radius 2 is 1.51 bits per heavy atom. The first-order valence-electron chi connectivity index (χ1n) is 11.8. The molecule has 0 spiro atoms. The predicted octanol–water partition coefficient (Wildman–Crippen LogP) is 4.33. The predicted molar refractivity (Wildman–Crippen MR) is 139 cm³/mol. The molecule has 0 atom stereocenters. The van der Waals surface area contributed by atoms with Gasteiger partial charge in [-0.05, 0) is 53.9 Å². The van der Waals surface area contributed by atoms with Gasteiger partial charge in [0.1, 0.15) is 0 Å². The van der Waals surface area contributed by atoms with E-state index in [-0.39, 0.29) is 24.3 Å². The van der Waals surface area contributed by atoms with E-state index in [4.69, 9.17) is 0 Å². The van der Waals surface area contributed by atoms with Crippen LogP contribution in [0, 0.1) is 0 Å². The van der Waals surface area contributed by atoms with Gasteiger partial charge >= 0.3 is 0 Å². The van der Waals surface area contributed by atoms with Crippen molar-refractivity contribution < 1.29 is 14.4 Å². The number of carbonyl (C=O) groups is 3. The van der Waals surface area contributed by atoms with E-state index < -0.39 is 0 Å². The number of fused-ring (bicyclic) bond motifs is 1. The van der Waals surface area contributed by atoms with E-state index in [1.807, 2.05) is 30.0 Å². The smallest absolute Gasteiger partial charge is 0.261 e. The highest BCUT2D eigenvalue weighted by Gasteiger charge is 2.35. The molecule has 0 bridgehead atoms. The van der Waals surface area contributed by atoms with Gasteiger partial charge in [-0.15, -0.1) is 0 Å². The Kier molecular flexibility index (Phi) is 6.97. The molecule has 0 aromatic heterocycles. The molecule has 1 N–H and O–H groups in total. The number of hydrogen-bond donors (Lipinski definition) is 1. The first-order chi connectivity index (χ1) is 17.1. The highest BCUT2D eigenvalue weighted by atomic mass is 32.2. The normalized spacial score (nSPS) is 15.8. The number of nitrogens with zero attached hydrogens (tertiary/aromatic N) is 2. The Bertz CT molecular complexity index is 1220. The Morgan fingerprint density at radius 3 is 2.20 bits per heavy atom. The van der Waals surface area contributed by atoms with E-state index >= 15 is 0 Å². The van der Waals surface area contributed by atoms with Crippen LogP contribution in [0.25, 0.3) is 0 Å². The van der Waals surface area contributed by atoms with E-state index in [9.17, 15) is 14.4 Å². The molecule has 3 aromatic carbocycles. The van der Waals surface area contributed by atoms with Crippen molar-refractivity contribution in [3.63, 3.8) is 0 Å². The number of rotatable bonds is 7. The van der Waals surface area contributed by atoms with Gasteiger partial charge in [-0.25, -0.2) is 0 Å². The Balaban J connectivity index is 1.19. The lowest BCUT2D eigenvalue weighted by Crippen LogP contribution is -2.34. The van der Waals surface area contributed by atoms with Gasteiger partial charge in [-0.1, -0.05) is 36.4 Å². The van der Waals surface area contributed by atoms with Crippen molar-refractivity contribution >= 4 is 35.2 Å². The molecule has 3 aromatic rings. The van der Waals surface area contributed by atoms with Crippen molar-refractivity contribution in [1.82, 2.24) is 9.80 Å². The van der Waals surface area contributed by atoms with Gasteiger partial charge in [0.2, 0.25) is 0 Å². The molecule has 35 heavy (non-hydrogen) atoms. The van der Waals surface area contributed by atoms with Crippen molar-refractivity contribution in [2.45, 2.75) is 13.0 Å². The number of amides is 3. The monoisotopic (exact) mass is 485 g/mol. The molecular formula is C28H27N3O3S. The van der Waals surface area contributed by atoms with Gasteiger partial charge in [0.15, 0.2) is 0 Å². The summed E-state index contributed by atoms with van der Waals surface area (Å²) in [5.74, 6) is 1.58. The van der Waals surface area contributed by atoms with Gasteiger partial charge in [-0.2, -0.15) is 11.8 Å². The van der Waals surface area contributed by atoms with E-state index in [0.717, 1.165) is 37.3 Å². The Hall–Kier alpha value is -3.42. The second kappa shape index (κ2) is 10.5. The molecule has 5 rings (SSSR count). The van der Waals surface area contributed by atoms with Crippen molar-refractivity contribution in [2.75, 3.05) is 36.5 Å². The zero-order valence-electron chi connectivity index (χ0n) is 19.4. The number of thioether (sulfide) groups is 1. The lowest BCUT2D eigenvalue weighted by molar-refractivity contribution is 0.0642. The average Bonchev–Trinajstić information content (AvgIpc) is 3.14. The average molecular weight is 486 g/mol. The van der Waals surface area contributed by atoms with Crippen LogP contribution in [0.4, 0.5) is 5.69 Å². The molecule has 0 aliphatic carbocycles. The number of nitrogens with one attached hydrogen (secondary N) is 1. The van der Waals surface area contributed by atoms with E-state index in [1.54, 1.807) is 42.5 Å². The maximum atomic E-state index is 12.9. The lowest BCUT2D eigenvalue weighted by atomic mass is 10.1. The summed E-state index contributed by atoms with van der Waals surface area (Å²) in [5.41, 5.74) is 4.03. The van der Waals surface area contributed by atoms with Crippen molar-refractivity contribution in [3.05, 3.63) is 101 Å².